The number of hydrogen-bond acceptors (Lipinski definition) is 3. The van der Waals surface area contributed by atoms with Gasteiger partial charge in [-0.15, -0.1) is 0 Å². The molecule has 0 spiro atoms. The number of thioether (sulfide) groups is 1. The highest BCUT2D eigenvalue weighted by Crippen LogP contribution is 2.06. The Labute approximate surface area is 80.2 Å². The van der Waals surface area contributed by atoms with Crippen LogP contribution in [0, 0.1) is 0 Å². The second-order valence-corrected chi connectivity index (χ2v) is 4.30. The first-order valence-electron chi connectivity index (χ1n) is 4.63. The molecule has 0 aliphatic heterocycles. The van der Waals surface area contributed by atoms with Crippen molar-refractivity contribution in [3.63, 3.8) is 0 Å². The summed E-state index contributed by atoms with van der Waals surface area (Å²) in [5.41, 5.74) is 5.77. The summed E-state index contributed by atoms with van der Waals surface area (Å²) in [4.78, 5) is 0. The molecule has 3 heteroatoms. The molecular weight excluding hydrogens is 170 g/mol. The molecule has 0 radical (unpaired) electrons. The highest BCUT2D eigenvalue weighted by Gasteiger charge is 2.00. The van der Waals surface area contributed by atoms with Crippen LogP contribution in [0.3, 0.4) is 0 Å². The lowest BCUT2D eigenvalue weighted by Gasteiger charge is -2.09. The van der Waals surface area contributed by atoms with E-state index in [0.29, 0.717) is 6.61 Å². The zero-order valence-corrected chi connectivity index (χ0v) is 9.03. The van der Waals surface area contributed by atoms with Gasteiger partial charge in [0.15, 0.2) is 0 Å². The fourth-order valence-corrected chi connectivity index (χ4v) is 1.75. The van der Waals surface area contributed by atoms with Crippen LogP contribution < -0.4 is 5.73 Å². The van der Waals surface area contributed by atoms with E-state index in [-0.39, 0.29) is 6.04 Å². The van der Waals surface area contributed by atoms with Gasteiger partial charge in [0.2, 0.25) is 0 Å². The third-order valence-electron chi connectivity index (χ3n) is 1.70. The van der Waals surface area contributed by atoms with E-state index in [9.17, 15) is 0 Å². The lowest BCUT2D eigenvalue weighted by molar-refractivity contribution is 0.176. The van der Waals surface area contributed by atoms with Gasteiger partial charge in [0.05, 0.1) is 6.61 Å². The maximum atomic E-state index is 5.77. The standard InChI is InChI=1S/C9H21NOS/c1-3-12-7-5-4-6-9(10)8-11-2/h9H,3-8,10H2,1-2H3. The van der Waals surface area contributed by atoms with Crippen molar-refractivity contribution in [2.24, 2.45) is 5.73 Å². The number of unbranched alkanes of at least 4 members (excludes halogenated alkanes) is 1. The van der Waals surface area contributed by atoms with Crippen LogP contribution in [-0.4, -0.2) is 31.3 Å². The highest BCUT2D eigenvalue weighted by atomic mass is 32.2. The molecule has 0 aromatic rings. The Bertz CT molecular complexity index is 90.6. The summed E-state index contributed by atoms with van der Waals surface area (Å²) in [7, 11) is 1.70. The van der Waals surface area contributed by atoms with Crippen LogP contribution in [-0.2, 0) is 4.74 Å². The van der Waals surface area contributed by atoms with E-state index in [1.165, 1.54) is 24.3 Å². The number of rotatable bonds is 8. The second-order valence-electron chi connectivity index (χ2n) is 2.91. The molecule has 0 amide bonds. The van der Waals surface area contributed by atoms with Gasteiger partial charge in [-0.25, -0.2) is 0 Å². The maximum absolute atomic E-state index is 5.77. The summed E-state index contributed by atoms with van der Waals surface area (Å²) >= 11 is 2.00. The van der Waals surface area contributed by atoms with Gasteiger partial charge in [0.25, 0.3) is 0 Å². The Morgan fingerprint density at radius 3 is 2.75 bits per heavy atom. The smallest absolute Gasteiger partial charge is 0.0613 e. The Kier molecular flexibility index (Phi) is 9.57. The van der Waals surface area contributed by atoms with Crippen molar-refractivity contribution in [2.75, 3.05) is 25.2 Å². The summed E-state index contributed by atoms with van der Waals surface area (Å²) < 4.78 is 4.95. The molecule has 74 valence electrons. The first-order valence-corrected chi connectivity index (χ1v) is 5.79. The molecule has 12 heavy (non-hydrogen) atoms. The van der Waals surface area contributed by atoms with Gasteiger partial charge in [0, 0.05) is 13.2 Å². The van der Waals surface area contributed by atoms with Crippen molar-refractivity contribution in [1.29, 1.82) is 0 Å². The SMILES string of the molecule is CCSCCCCC(N)COC. The maximum Gasteiger partial charge on any atom is 0.0613 e. The molecule has 0 saturated heterocycles. The molecule has 1 atom stereocenters. The molecular formula is C9H21NOS. The number of hydrogen-bond donors (Lipinski definition) is 1. The third-order valence-corrected chi connectivity index (χ3v) is 2.68. The molecule has 0 saturated carbocycles. The van der Waals surface area contributed by atoms with Crippen LogP contribution in [0.5, 0.6) is 0 Å². The van der Waals surface area contributed by atoms with E-state index in [1.54, 1.807) is 7.11 Å². The predicted octanol–water partition coefficient (Wildman–Crippen LogP) is 1.88. The molecule has 2 N–H and O–H groups in total. The summed E-state index contributed by atoms with van der Waals surface area (Å²) in [6.45, 7) is 2.89. The van der Waals surface area contributed by atoms with Crippen molar-refractivity contribution in [3.05, 3.63) is 0 Å². The van der Waals surface area contributed by atoms with Crippen molar-refractivity contribution in [1.82, 2.24) is 0 Å². The second kappa shape index (κ2) is 9.36. The Morgan fingerprint density at radius 2 is 2.17 bits per heavy atom. The fraction of sp³-hybridized carbons (Fsp3) is 1.00. The molecule has 0 heterocycles. The molecule has 1 unspecified atom stereocenters. The van der Waals surface area contributed by atoms with E-state index in [0.717, 1.165) is 6.42 Å². The van der Waals surface area contributed by atoms with Crippen LogP contribution in [0.15, 0.2) is 0 Å². The van der Waals surface area contributed by atoms with Gasteiger partial charge < -0.3 is 10.5 Å². The molecule has 0 aromatic carbocycles. The summed E-state index contributed by atoms with van der Waals surface area (Å²) in [5, 5.41) is 0. The lowest BCUT2D eigenvalue weighted by Crippen LogP contribution is -2.25. The molecule has 0 aliphatic rings. The number of nitrogens with two attached hydrogens (primary N) is 1. The average Bonchev–Trinajstić information content (AvgIpc) is 2.05. The van der Waals surface area contributed by atoms with Gasteiger partial charge in [-0.2, -0.15) is 11.8 Å². The monoisotopic (exact) mass is 191 g/mol. The normalized spacial score (nSPS) is 13.2. The van der Waals surface area contributed by atoms with Crippen LogP contribution in [0.4, 0.5) is 0 Å². The van der Waals surface area contributed by atoms with Crippen molar-refractivity contribution in [2.45, 2.75) is 32.2 Å². The molecule has 2 nitrogen and oxygen atoms in total. The molecule has 0 rings (SSSR count). The topological polar surface area (TPSA) is 35.2 Å². The summed E-state index contributed by atoms with van der Waals surface area (Å²) in [5.74, 6) is 2.50. The van der Waals surface area contributed by atoms with Crippen molar-refractivity contribution >= 4 is 11.8 Å². The number of methoxy groups -OCH3 is 1. The first kappa shape index (κ1) is 12.3. The summed E-state index contributed by atoms with van der Waals surface area (Å²) in [6, 6.07) is 0.238. The van der Waals surface area contributed by atoms with Gasteiger partial charge in [-0.05, 0) is 24.3 Å². The van der Waals surface area contributed by atoms with E-state index in [1.807, 2.05) is 11.8 Å². The third kappa shape index (κ3) is 8.37. The Balaban J connectivity index is 2.97. The minimum absolute atomic E-state index is 0.238. The molecule has 0 aliphatic carbocycles. The lowest BCUT2D eigenvalue weighted by atomic mass is 10.1. The molecule has 0 aromatic heterocycles. The highest BCUT2D eigenvalue weighted by molar-refractivity contribution is 7.99. The van der Waals surface area contributed by atoms with Gasteiger partial charge in [-0.1, -0.05) is 13.3 Å². The van der Waals surface area contributed by atoms with Crippen LogP contribution in [0.2, 0.25) is 0 Å². The molecule has 0 fully saturated rings. The minimum Gasteiger partial charge on any atom is -0.383 e. The van der Waals surface area contributed by atoms with Gasteiger partial charge in [-0.3, -0.25) is 0 Å². The summed E-state index contributed by atoms with van der Waals surface area (Å²) in [6.07, 6.45) is 3.62. The van der Waals surface area contributed by atoms with Gasteiger partial charge >= 0.3 is 0 Å². The quantitative estimate of drug-likeness (QED) is 0.595. The molecule has 0 bridgehead atoms. The van der Waals surface area contributed by atoms with Gasteiger partial charge in [0.1, 0.15) is 0 Å². The van der Waals surface area contributed by atoms with Crippen LogP contribution >= 0.6 is 11.8 Å². The van der Waals surface area contributed by atoms with E-state index in [2.05, 4.69) is 6.92 Å². The van der Waals surface area contributed by atoms with Crippen LogP contribution in [0.25, 0.3) is 0 Å². The van der Waals surface area contributed by atoms with E-state index in [4.69, 9.17) is 10.5 Å². The first-order chi connectivity index (χ1) is 5.81. The van der Waals surface area contributed by atoms with E-state index >= 15 is 0 Å². The predicted molar refractivity (Wildman–Crippen MR) is 56.7 cm³/mol. The number of ether oxygens (including phenoxy) is 1. The zero-order valence-electron chi connectivity index (χ0n) is 8.21. The van der Waals surface area contributed by atoms with E-state index < -0.39 is 0 Å². The Hall–Kier alpha value is 0.270. The average molecular weight is 191 g/mol. The fourth-order valence-electron chi connectivity index (χ4n) is 1.05. The largest absolute Gasteiger partial charge is 0.383 e. The van der Waals surface area contributed by atoms with Crippen molar-refractivity contribution in [3.8, 4) is 0 Å². The minimum atomic E-state index is 0.238. The Morgan fingerprint density at radius 1 is 1.42 bits per heavy atom. The van der Waals surface area contributed by atoms with Crippen molar-refractivity contribution < 1.29 is 4.74 Å². The van der Waals surface area contributed by atoms with Crippen LogP contribution in [0.1, 0.15) is 26.2 Å². The zero-order chi connectivity index (χ0) is 9.23.